The maximum atomic E-state index is 12.5. The van der Waals surface area contributed by atoms with Gasteiger partial charge in [-0.3, -0.25) is 0 Å². The van der Waals surface area contributed by atoms with E-state index in [-0.39, 0.29) is 5.82 Å². The fourth-order valence-electron chi connectivity index (χ4n) is 1.33. The summed E-state index contributed by atoms with van der Waals surface area (Å²) in [4.78, 5) is 10.9. The highest BCUT2D eigenvalue weighted by Crippen LogP contribution is 2.29. The van der Waals surface area contributed by atoms with E-state index in [4.69, 9.17) is 11.6 Å². The third-order valence-electron chi connectivity index (χ3n) is 2.12. The third kappa shape index (κ3) is 4.03. The normalized spacial score (nSPS) is 11.6. The predicted molar refractivity (Wildman–Crippen MR) is 66.4 cm³/mol. The van der Waals surface area contributed by atoms with Crippen LogP contribution < -0.4 is 5.32 Å². The molecule has 0 aromatic carbocycles. The number of halogens is 4. The number of rotatable bonds is 4. The molecule has 0 saturated carbocycles. The Hall–Kier alpha value is -1.41. The largest absolute Gasteiger partial charge is 0.433 e. The molecule has 0 aliphatic carbocycles. The summed E-state index contributed by atoms with van der Waals surface area (Å²) >= 11 is 6.94. The second kappa shape index (κ2) is 5.70. The van der Waals surface area contributed by atoms with E-state index < -0.39 is 17.2 Å². The molecule has 0 saturated heterocycles. The maximum Gasteiger partial charge on any atom is 0.433 e. The fourth-order valence-corrected chi connectivity index (χ4v) is 2.13. The zero-order valence-electron chi connectivity index (χ0n) is 9.41. The van der Waals surface area contributed by atoms with Crippen molar-refractivity contribution in [3.8, 4) is 0 Å². The number of hydrogen-bond donors (Lipinski definition) is 1. The summed E-state index contributed by atoms with van der Waals surface area (Å²) in [5.74, 6) is 0.0453. The van der Waals surface area contributed by atoms with Crippen LogP contribution in [-0.4, -0.2) is 21.5 Å². The van der Waals surface area contributed by atoms with Gasteiger partial charge in [0.15, 0.2) is 5.69 Å². The lowest BCUT2D eigenvalue weighted by Gasteiger charge is -2.09. The molecule has 4 nitrogen and oxygen atoms in total. The van der Waals surface area contributed by atoms with Gasteiger partial charge in [-0.2, -0.15) is 13.2 Å². The first-order valence-corrected chi connectivity index (χ1v) is 6.45. The minimum Gasteiger partial charge on any atom is -0.369 e. The molecule has 0 aliphatic rings. The number of aromatic nitrogens is 3. The van der Waals surface area contributed by atoms with E-state index in [2.05, 4.69) is 20.3 Å². The molecule has 1 N–H and O–H groups in total. The summed E-state index contributed by atoms with van der Waals surface area (Å²) in [6, 6.07) is 0.827. The van der Waals surface area contributed by atoms with Crippen molar-refractivity contribution in [1.29, 1.82) is 0 Å². The van der Waals surface area contributed by atoms with Gasteiger partial charge in [-0.1, -0.05) is 0 Å². The van der Waals surface area contributed by atoms with Gasteiger partial charge in [0.05, 0.1) is 5.01 Å². The Labute approximate surface area is 115 Å². The molecule has 2 aromatic rings. The van der Waals surface area contributed by atoms with Gasteiger partial charge < -0.3 is 5.32 Å². The molecule has 0 bridgehead atoms. The Morgan fingerprint density at radius 3 is 2.74 bits per heavy atom. The molecule has 2 heterocycles. The summed E-state index contributed by atoms with van der Waals surface area (Å²) in [6.07, 6.45) is -2.28. The molecule has 0 atom stereocenters. The number of hydrogen-bond acceptors (Lipinski definition) is 5. The molecule has 0 fully saturated rings. The predicted octanol–water partition coefficient (Wildman–Crippen LogP) is 3.26. The highest BCUT2D eigenvalue weighted by atomic mass is 35.5. The number of alkyl halides is 3. The van der Waals surface area contributed by atoms with Crippen molar-refractivity contribution in [2.75, 3.05) is 11.9 Å². The quantitative estimate of drug-likeness (QED) is 0.881. The first-order valence-electron chi connectivity index (χ1n) is 5.19. The van der Waals surface area contributed by atoms with Crippen molar-refractivity contribution in [1.82, 2.24) is 15.0 Å². The lowest BCUT2D eigenvalue weighted by atomic mass is 10.3. The lowest BCUT2D eigenvalue weighted by Crippen LogP contribution is -2.12. The zero-order chi connectivity index (χ0) is 13.9. The summed E-state index contributed by atoms with van der Waals surface area (Å²) < 4.78 is 37.5. The van der Waals surface area contributed by atoms with Crippen molar-refractivity contribution < 1.29 is 13.2 Å². The molecular weight excluding hydrogens is 301 g/mol. The molecule has 19 heavy (non-hydrogen) atoms. The number of nitrogens with one attached hydrogen (secondary N) is 1. The van der Waals surface area contributed by atoms with Crippen molar-refractivity contribution >= 4 is 28.8 Å². The average Bonchev–Trinajstić information content (AvgIpc) is 2.80. The molecule has 0 aliphatic heterocycles. The van der Waals surface area contributed by atoms with Gasteiger partial charge in [0, 0.05) is 30.6 Å². The van der Waals surface area contributed by atoms with E-state index in [0.29, 0.717) is 13.0 Å². The van der Waals surface area contributed by atoms with Crippen LogP contribution in [0.5, 0.6) is 0 Å². The third-order valence-corrected chi connectivity index (χ3v) is 3.13. The molecule has 0 radical (unpaired) electrons. The fraction of sp³-hybridized carbons (Fsp3) is 0.300. The van der Waals surface area contributed by atoms with Gasteiger partial charge in [0.2, 0.25) is 5.28 Å². The van der Waals surface area contributed by atoms with E-state index in [1.54, 1.807) is 6.20 Å². The van der Waals surface area contributed by atoms with E-state index in [1.165, 1.54) is 11.3 Å². The summed E-state index contributed by atoms with van der Waals surface area (Å²) in [5.41, 5.74) is -1.07. The number of thiazole rings is 1. The van der Waals surface area contributed by atoms with Crippen molar-refractivity contribution in [2.24, 2.45) is 0 Å². The molecule has 102 valence electrons. The van der Waals surface area contributed by atoms with Gasteiger partial charge in [-0.25, -0.2) is 15.0 Å². The van der Waals surface area contributed by atoms with Gasteiger partial charge in [0.25, 0.3) is 0 Å². The van der Waals surface area contributed by atoms with Gasteiger partial charge in [-0.05, 0) is 11.6 Å². The van der Waals surface area contributed by atoms with E-state index in [0.717, 1.165) is 11.1 Å². The van der Waals surface area contributed by atoms with Crippen molar-refractivity contribution in [3.63, 3.8) is 0 Å². The Kier molecular flexibility index (Phi) is 4.20. The van der Waals surface area contributed by atoms with Crippen LogP contribution in [-0.2, 0) is 12.6 Å². The first-order chi connectivity index (χ1) is 8.95. The molecule has 0 amide bonds. The lowest BCUT2D eigenvalue weighted by molar-refractivity contribution is -0.141. The minimum absolute atomic E-state index is 0.0453. The van der Waals surface area contributed by atoms with Crippen molar-refractivity contribution in [2.45, 2.75) is 12.6 Å². The van der Waals surface area contributed by atoms with E-state index in [1.807, 2.05) is 5.38 Å². The topological polar surface area (TPSA) is 50.7 Å². The highest BCUT2D eigenvalue weighted by molar-refractivity contribution is 7.09. The van der Waals surface area contributed by atoms with E-state index >= 15 is 0 Å². The molecular formula is C10H8ClF3N4S. The highest BCUT2D eigenvalue weighted by Gasteiger charge is 2.33. The van der Waals surface area contributed by atoms with Crippen LogP contribution in [0.15, 0.2) is 17.6 Å². The van der Waals surface area contributed by atoms with Crippen LogP contribution in [0, 0.1) is 0 Å². The SMILES string of the molecule is FC(F)(F)c1cc(NCCc2nccs2)nc(Cl)n1. The first kappa shape index (κ1) is 14.0. The summed E-state index contributed by atoms with van der Waals surface area (Å²) in [6.45, 7) is 0.415. The van der Waals surface area contributed by atoms with Crippen LogP contribution in [0.1, 0.15) is 10.7 Å². The molecule has 9 heteroatoms. The Morgan fingerprint density at radius 2 is 2.11 bits per heavy atom. The van der Waals surface area contributed by atoms with E-state index in [9.17, 15) is 13.2 Å². The standard InChI is InChI=1S/C10H8ClF3N4S/c11-9-17-6(10(12,13)14)5-7(18-9)15-2-1-8-16-3-4-19-8/h3-5H,1-2H2,(H,15,17,18). The summed E-state index contributed by atoms with van der Waals surface area (Å²) in [7, 11) is 0. The summed E-state index contributed by atoms with van der Waals surface area (Å²) in [5, 5.41) is 5.05. The minimum atomic E-state index is -4.54. The number of nitrogens with zero attached hydrogens (tertiary/aromatic N) is 3. The van der Waals surface area contributed by atoms with Crippen molar-refractivity contribution in [3.05, 3.63) is 33.6 Å². The van der Waals surface area contributed by atoms with Gasteiger partial charge in [0.1, 0.15) is 5.82 Å². The maximum absolute atomic E-state index is 12.5. The van der Waals surface area contributed by atoms with Crippen LogP contribution in [0.3, 0.4) is 0 Å². The second-order valence-electron chi connectivity index (χ2n) is 3.51. The molecule has 2 rings (SSSR count). The number of anilines is 1. The Morgan fingerprint density at radius 1 is 1.32 bits per heavy atom. The van der Waals surface area contributed by atoms with Crippen LogP contribution >= 0.6 is 22.9 Å². The van der Waals surface area contributed by atoms with Gasteiger partial charge in [-0.15, -0.1) is 11.3 Å². The van der Waals surface area contributed by atoms with Crippen LogP contribution in [0.25, 0.3) is 0 Å². The molecule has 0 unspecified atom stereocenters. The monoisotopic (exact) mass is 308 g/mol. The Bertz CT molecular complexity index is 544. The zero-order valence-corrected chi connectivity index (χ0v) is 11.0. The average molecular weight is 309 g/mol. The Balaban J connectivity index is 2.02. The molecule has 0 spiro atoms. The van der Waals surface area contributed by atoms with Crippen LogP contribution in [0.2, 0.25) is 5.28 Å². The second-order valence-corrected chi connectivity index (χ2v) is 4.83. The van der Waals surface area contributed by atoms with Crippen LogP contribution in [0.4, 0.5) is 19.0 Å². The smallest absolute Gasteiger partial charge is 0.369 e. The van der Waals surface area contributed by atoms with Gasteiger partial charge >= 0.3 is 6.18 Å². The molecule has 2 aromatic heterocycles.